The number of benzene rings is 1. The highest BCUT2D eigenvalue weighted by atomic mass is 32.3. The Balaban J connectivity index is 1.46. The summed E-state index contributed by atoms with van der Waals surface area (Å²) in [4.78, 5) is 54.7. The quantitative estimate of drug-likeness (QED) is 0.0428. The molecular weight excluding hydrogens is 641 g/mol. The Morgan fingerprint density at radius 2 is 2.07 bits per heavy atom. The molecule has 2 aromatic heterocycles. The number of hydrogen-bond donors (Lipinski definition) is 4. The number of hydroxylamine groups is 2. The molecule has 19 heteroatoms. The third-order valence-electron chi connectivity index (χ3n) is 6.58. The fourth-order valence-corrected chi connectivity index (χ4v) is 6.13. The number of hydrogen-bond acceptors (Lipinski definition) is 14. The van der Waals surface area contributed by atoms with Crippen LogP contribution in [0.5, 0.6) is 5.75 Å². The number of fused-ring (bicyclic) bond motifs is 1. The minimum absolute atomic E-state index is 0.0181. The molecule has 0 spiro atoms. The van der Waals surface area contributed by atoms with Crippen molar-refractivity contribution < 1.29 is 46.3 Å². The summed E-state index contributed by atoms with van der Waals surface area (Å²) in [5, 5.41) is 16.2. The predicted molar refractivity (Wildman–Crippen MR) is 159 cm³/mol. The minimum atomic E-state index is -4.98. The summed E-state index contributed by atoms with van der Waals surface area (Å²) in [5.41, 5.74) is 5.40. The van der Waals surface area contributed by atoms with Gasteiger partial charge in [-0.1, -0.05) is 30.3 Å². The van der Waals surface area contributed by atoms with Gasteiger partial charge in [-0.2, -0.15) is 13.5 Å². The molecule has 16 nitrogen and oxygen atoms in total. The number of Topliss-reactive ketones (excluding diaryl/α,β-unsaturated/α-hetero) is 1. The number of unbranched alkanes of at least 4 members (excludes halogenated alkanes) is 1. The van der Waals surface area contributed by atoms with E-state index in [0.29, 0.717) is 16.3 Å². The number of rotatable bonds is 16. The first-order valence-electron chi connectivity index (χ1n) is 13.2. The topological polar surface area (TPSA) is 237 Å². The molecule has 0 radical (unpaired) electrons. The number of H-pyrrole nitrogens is 1. The van der Waals surface area contributed by atoms with Gasteiger partial charge < -0.3 is 25.4 Å². The maximum atomic E-state index is 13.3. The van der Waals surface area contributed by atoms with E-state index in [1.165, 1.54) is 19.2 Å². The van der Waals surface area contributed by atoms with Gasteiger partial charge in [0.15, 0.2) is 21.8 Å². The molecule has 3 heterocycles. The molecule has 3 aromatic rings. The number of carbonyl (C=O) groups excluding carboxylic acids is 2. The number of nitrogens with one attached hydrogen (secondary N) is 1. The van der Waals surface area contributed by atoms with Crippen LogP contribution < -0.4 is 10.5 Å². The molecule has 2 atom stereocenters. The molecule has 1 fully saturated rings. The molecule has 0 aliphatic carbocycles. The Labute approximate surface area is 259 Å². The minimum Gasteiger partial charge on any atom is -0.489 e. The van der Waals surface area contributed by atoms with Crippen LogP contribution in [0.15, 0.2) is 33.9 Å². The second-order valence-corrected chi connectivity index (χ2v) is 13.1. The highest BCUT2D eigenvalue weighted by molar-refractivity contribution is 7.99. The SMILES string of the molecule is CCCCSc1nc2ccc(OC[C@@H](O/N=C(\C(=O)C[C@@H]3C(=O)N(OS(=O)(=O)O)C3(C)C)c3csc(N)n3)C(=O)O)cc2[nH]1. The van der Waals surface area contributed by atoms with Crippen LogP contribution in [0, 0.1) is 5.92 Å². The average Bonchev–Trinajstić information content (AvgIpc) is 3.56. The largest absolute Gasteiger partial charge is 0.489 e. The molecule has 1 amide bonds. The summed E-state index contributed by atoms with van der Waals surface area (Å²) in [7, 11) is -4.98. The lowest BCUT2D eigenvalue weighted by Gasteiger charge is -2.50. The number of nitrogens with two attached hydrogens (primary N) is 1. The zero-order valence-electron chi connectivity index (χ0n) is 23.8. The number of nitrogens with zero attached hydrogens (tertiary/aromatic N) is 4. The van der Waals surface area contributed by atoms with Crippen LogP contribution in [-0.4, -0.2) is 85.5 Å². The van der Waals surface area contributed by atoms with E-state index < -0.39 is 64.4 Å². The normalized spacial score (nSPS) is 17.4. The molecule has 1 aliphatic rings. The highest BCUT2D eigenvalue weighted by Gasteiger charge is 2.57. The summed E-state index contributed by atoms with van der Waals surface area (Å²) >= 11 is 2.59. The molecule has 1 saturated heterocycles. The third-order valence-corrected chi connectivity index (χ3v) is 8.55. The number of amides is 1. The fraction of sp³-hybridized carbons (Fsp3) is 0.440. The lowest BCUT2D eigenvalue weighted by atomic mass is 9.74. The zero-order chi connectivity index (χ0) is 32.2. The van der Waals surface area contributed by atoms with E-state index in [4.69, 9.17) is 19.9 Å². The van der Waals surface area contributed by atoms with Gasteiger partial charge in [-0.05, 0) is 32.4 Å². The van der Waals surface area contributed by atoms with Crippen molar-refractivity contribution in [1.29, 1.82) is 0 Å². The van der Waals surface area contributed by atoms with Crippen molar-refractivity contribution in [3.63, 3.8) is 0 Å². The van der Waals surface area contributed by atoms with Gasteiger partial charge in [0.2, 0.25) is 0 Å². The van der Waals surface area contributed by atoms with Gasteiger partial charge in [0, 0.05) is 23.6 Å². The maximum absolute atomic E-state index is 13.3. The Hall–Kier alpha value is -3.78. The first kappa shape index (κ1) is 33.1. The van der Waals surface area contributed by atoms with E-state index in [0.717, 1.165) is 40.6 Å². The van der Waals surface area contributed by atoms with Crippen LogP contribution in [0.1, 0.15) is 45.7 Å². The smallest absolute Gasteiger partial charge is 0.418 e. The average molecular weight is 671 g/mol. The van der Waals surface area contributed by atoms with E-state index in [9.17, 15) is 27.9 Å². The number of thiazole rings is 1. The van der Waals surface area contributed by atoms with Gasteiger partial charge in [0.1, 0.15) is 18.1 Å². The number of nitrogen functional groups attached to an aromatic ring is 1. The van der Waals surface area contributed by atoms with E-state index in [1.807, 2.05) is 0 Å². The van der Waals surface area contributed by atoms with Gasteiger partial charge >= 0.3 is 16.4 Å². The molecular formula is C25H30N6O10S3. The first-order chi connectivity index (χ1) is 20.7. The predicted octanol–water partition coefficient (Wildman–Crippen LogP) is 2.68. The van der Waals surface area contributed by atoms with Crippen molar-refractivity contribution in [1.82, 2.24) is 20.0 Å². The van der Waals surface area contributed by atoms with Gasteiger partial charge in [0.25, 0.3) is 12.0 Å². The number of imidazole rings is 1. The van der Waals surface area contributed by atoms with E-state index in [1.54, 1.807) is 30.0 Å². The Morgan fingerprint density at radius 3 is 2.68 bits per heavy atom. The molecule has 5 N–H and O–H groups in total. The van der Waals surface area contributed by atoms with Gasteiger partial charge in [0.05, 0.1) is 22.5 Å². The van der Waals surface area contributed by atoms with Crippen LogP contribution >= 0.6 is 23.1 Å². The number of ether oxygens (including phenoxy) is 1. The van der Waals surface area contributed by atoms with Crippen molar-refractivity contribution in [3.8, 4) is 5.75 Å². The lowest BCUT2D eigenvalue weighted by Crippen LogP contribution is -2.68. The molecule has 1 aromatic carbocycles. The molecule has 238 valence electrons. The third kappa shape index (κ3) is 7.83. The van der Waals surface area contributed by atoms with Crippen LogP contribution in [0.2, 0.25) is 0 Å². The van der Waals surface area contributed by atoms with Crippen LogP contribution in [-0.2, 0) is 33.9 Å². The number of aliphatic carboxylic acids is 1. The number of ketones is 1. The molecule has 0 unspecified atom stereocenters. The summed E-state index contributed by atoms with van der Waals surface area (Å²) in [6.45, 7) is 4.48. The molecule has 0 bridgehead atoms. The zero-order valence-corrected chi connectivity index (χ0v) is 26.2. The van der Waals surface area contributed by atoms with E-state index >= 15 is 0 Å². The maximum Gasteiger partial charge on any atom is 0.418 e. The van der Waals surface area contributed by atoms with Crippen molar-refractivity contribution in [2.75, 3.05) is 18.1 Å². The highest BCUT2D eigenvalue weighted by Crippen LogP contribution is 2.40. The second-order valence-electron chi connectivity index (χ2n) is 10.1. The standard InChI is InChI=1S/C25H30N6O10S3/c1-4-5-8-42-24-28-15-7-6-13(9-16(15)29-24)39-11-19(22(34)35)40-30-20(17-12-43-23(26)27-17)18(32)10-14-21(33)31(25(14,2)3)41-44(36,37)38/h6-7,9,12,14,19H,4-5,8,10-11H2,1-3H3,(H2,26,27)(H,28,29)(H,34,35)(H,36,37,38)/b30-20-/t14-,19-/m1/s1. The van der Waals surface area contributed by atoms with Crippen molar-refractivity contribution in [3.05, 3.63) is 29.3 Å². The number of aromatic amines is 1. The number of aromatic nitrogens is 3. The van der Waals surface area contributed by atoms with Crippen LogP contribution in [0.25, 0.3) is 11.0 Å². The number of oxime groups is 1. The van der Waals surface area contributed by atoms with Crippen LogP contribution in [0.4, 0.5) is 5.13 Å². The molecule has 4 rings (SSSR count). The number of β-lactam (4-membered cyclic amide) rings is 1. The lowest BCUT2D eigenvalue weighted by molar-refractivity contribution is -0.228. The van der Waals surface area contributed by atoms with E-state index in [2.05, 4.69) is 31.3 Å². The summed E-state index contributed by atoms with van der Waals surface area (Å²) in [6.07, 6.45) is -0.0122. The summed E-state index contributed by atoms with van der Waals surface area (Å²) in [6, 6.07) is 5.04. The molecule has 0 saturated carbocycles. The van der Waals surface area contributed by atoms with Gasteiger partial charge in [-0.3, -0.25) is 14.1 Å². The molecule has 44 heavy (non-hydrogen) atoms. The van der Waals surface area contributed by atoms with E-state index in [-0.39, 0.29) is 10.8 Å². The van der Waals surface area contributed by atoms with Crippen molar-refractivity contribution in [2.45, 2.75) is 56.8 Å². The second kappa shape index (κ2) is 13.5. The number of thioether (sulfide) groups is 1. The Kier molecular flexibility index (Phi) is 10.1. The van der Waals surface area contributed by atoms with Gasteiger partial charge in [-0.25, -0.2) is 14.8 Å². The Morgan fingerprint density at radius 1 is 1.32 bits per heavy atom. The summed E-state index contributed by atoms with van der Waals surface area (Å²) in [5.74, 6) is -2.88. The first-order valence-corrected chi connectivity index (χ1v) is 16.4. The number of carboxylic acid groups (broad SMARTS) is 1. The summed E-state index contributed by atoms with van der Waals surface area (Å²) < 4.78 is 41.1. The number of anilines is 1. The van der Waals surface area contributed by atoms with Crippen molar-refractivity contribution in [2.24, 2.45) is 11.1 Å². The van der Waals surface area contributed by atoms with Gasteiger partial charge in [-0.15, -0.1) is 15.6 Å². The molecule has 1 aliphatic heterocycles. The van der Waals surface area contributed by atoms with Crippen LogP contribution in [0.3, 0.4) is 0 Å². The number of carbonyl (C=O) groups is 3. The monoisotopic (exact) mass is 670 g/mol. The van der Waals surface area contributed by atoms with Crippen molar-refractivity contribution >= 4 is 73.0 Å². The Bertz CT molecular complexity index is 1690. The number of carboxylic acids is 1. The fourth-order valence-electron chi connectivity index (χ4n) is 4.16.